The van der Waals surface area contributed by atoms with Crippen LogP contribution < -0.4 is 0 Å². The van der Waals surface area contributed by atoms with Crippen LogP contribution in [0.5, 0.6) is 0 Å². The summed E-state index contributed by atoms with van der Waals surface area (Å²) in [5.41, 5.74) is 0. The number of rotatable bonds is 56. The van der Waals surface area contributed by atoms with Gasteiger partial charge in [-0.2, -0.15) is 0 Å². The fraction of sp³-hybridized carbons (Fsp3) is 0.887. The van der Waals surface area contributed by atoms with Crippen molar-refractivity contribution in [1.29, 1.82) is 0 Å². The van der Waals surface area contributed by atoms with E-state index in [4.69, 9.17) is 14.2 Å². The molecule has 1 atom stereocenters. The van der Waals surface area contributed by atoms with Crippen LogP contribution in [0, 0.1) is 0 Å². The Morgan fingerprint density at radius 1 is 0.279 bits per heavy atom. The van der Waals surface area contributed by atoms with Crippen molar-refractivity contribution in [2.45, 2.75) is 341 Å². The Balaban J connectivity index is 4.30. The Morgan fingerprint density at radius 3 is 0.750 bits per heavy atom. The minimum Gasteiger partial charge on any atom is -0.462 e. The number of ether oxygens (including phenoxy) is 3. The van der Waals surface area contributed by atoms with Crippen LogP contribution in [0.3, 0.4) is 0 Å². The molecule has 0 aromatic rings. The van der Waals surface area contributed by atoms with Crippen molar-refractivity contribution in [2.24, 2.45) is 0 Å². The molecule has 0 unspecified atom stereocenters. The van der Waals surface area contributed by atoms with E-state index in [-0.39, 0.29) is 31.1 Å². The van der Waals surface area contributed by atoms with Crippen LogP contribution in [0.1, 0.15) is 335 Å². The standard InChI is InChI=1S/C62H116O6/c1-4-7-10-13-16-19-22-25-27-29-31-33-34-37-40-43-46-49-52-55-61(64)67-58-59(57-66-60(63)54-51-48-45-42-39-36-24-21-18-15-12-9-6-3)68-62(65)56-53-50-47-44-41-38-35-32-30-28-26-23-20-17-14-11-8-5-2/h21,24-25,27,59H,4-20,22-23,26,28-58H2,1-3H3/b24-21+,27-25+/t59-/m1/s1. The highest BCUT2D eigenvalue weighted by molar-refractivity contribution is 5.71. The lowest BCUT2D eigenvalue weighted by Gasteiger charge is -2.18. The molecule has 0 amide bonds. The third-order valence-electron chi connectivity index (χ3n) is 13.7. The van der Waals surface area contributed by atoms with E-state index in [1.165, 1.54) is 231 Å². The molecule has 0 aliphatic rings. The first-order chi connectivity index (χ1) is 33.5. The van der Waals surface area contributed by atoms with Crippen LogP contribution in [0.4, 0.5) is 0 Å². The second-order valence-electron chi connectivity index (χ2n) is 20.6. The largest absolute Gasteiger partial charge is 0.462 e. The molecule has 0 fully saturated rings. The van der Waals surface area contributed by atoms with Crippen molar-refractivity contribution in [3.8, 4) is 0 Å². The van der Waals surface area contributed by atoms with Crippen molar-refractivity contribution in [1.82, 2.24) is 0 Å². The minimum absolute atomic E-state index is 0.0704. The predicted octanol–water partition coefficient (Wildman–Crippen LogP) is 20.3. The van der Waals surface area contributed by atoms with Gasteiger partial charge in [0, 0.05) is 19.3 Å². The fourth-order valence-electron chi connectivity index (χ4n) is 9.08. The smallest absolute Gasteiger partial charge is 0.306 e. The summed E-state index contributed by atoms with van der Waals surface area (Å²) >= 11 is 0. The molecule has 6 nitrogen and oxygen atoms in total. The van der Waals surface area contributed by atoms with Gasteiger partial charge in [-0.05, 0) is 70.6 Å². The molecule has 0 heterocycles. The minimum atomic E-state index is -0.772. The molecule has 0 aromatic heterocycles. The Morgan fingerprint density at radius 2 is 0.485 bits per heavy atom. The SMILES string of the molecule is CCCCCC/C=C/CCCCCCCC(=O)OC[C@H](COC(=O)CCCCCCCCCCC/C=C/CCCCCCCC)OC(=O)CCCCCCCCCCCCCCCCCCCC. The number of unbranched alkanes of at least 4 members (excludes halogenated alkanes) is 41. The number of carbonyl (C=O) groups excluding carboxylic acids is 3. The zero-order valence-electron chi connectivity index (χ0n) is 45.9. The number of carbonyl (C=O) groups is 3. The van der Waals surface area contributed by atoms with Gasteiger partial charge in [0.2, 0.25) is 0 Å². The summed E-state index contributed by atoms with van der Waals surface area (Å²) in [6.07, 6.45) is 67.4. The highest BCUT2D eigenvalue weighted by atomic mass is 16.6. The average Bonchev–Trinajstić information content (AvgIpc) is 3.34. The summed E-state index contributed by atoms with van der Waals surface area (Å²) in [6.45, 7) is 6.67. The maximum atomic E-state index is 12.9. The van der Waals surface area contributed by atoms with Gasteiger partial charge in [-0.1, -0.05) is 270 Å². The number of esters is 3. The summed E-state index contributed by atoms with van der Waals surface area (Å²) in [4.78, 5) is 38.2. The second-order valence-corrected chi connectivity index (χ2v) is 20.6. The fourth-order valence-corrected chi connectivity index (χ4v) is 9.08. The van der Waals surface area contributed by atoms with E-state index in [2.05, 4.69) is 45.1 Å². The van der Waals surface area contributed by atoms with Gasteiger partial charge in [0.25, 0.3) is 0 Å². The summed E-state index contributed by atoms with van der Waals surface area (Å²) in [5.74, 6) is -0.858. The summed E-state index contributed by atoms with van der Waals surface area (Å²) in [5, 5.41) is 0. The van der Waals surface area contributed by atoms with Crippen LogP contribution in [-0.4, -0.2) is 37.2 Å². The van der Waals surface area contributed by atoms with Gasteiger partial charge in [0.05, 0.1) is 0 Å². The molecule has 0 spiro atoms. The van der Waals surface area contributed by atoms with Crippen LogP contribution in [0.15, 0.2) is 24.3 Å². The number of allylic oxidation sites excluding steroid dienone is 4. The molecule has 0 saturated carbocycles. The van der Waals surface area contributed by atoms with Crippen LogP contribution in [0.2, 0.25) is 0 Å². The summed E-state index contributed by atoms with van der Waals surface area (Å²) in [7, 11) is 0. The first-order valence-electron chi connectivity index (χ1n) is 30.3. The van der Waals surface area contributed by atoms with Gasteiger partial charge in [0.15, 0.2) is 6.10 Å². The van der Waals surface area contributed by atoms with Crippen molar-refractivity contribution < 1.29 is 28.6 Å². The van der Waals surface area contributed by atoms with E-state index in [1.54, 1.807) is 0 Å². The van der Waals surface area contributed by atoms with Gasteiger partial charge in [-0.15, -0.1) is 0 Å². The van der Waals surface area contributed by atoms with E-state index >= 15 is 0 Å². The first-order valence-corrected chi connectivity index (χ1v) is 30.3. The molecule has 6 heteroatoms. The Labute approximate surface area is 423 Å². The van der Waals surface area contributed by atoms with Crippen LogP contribution >= 0.6 is 0 Å². The van der Waals surface area contributed by atoms with Gasteiger partial charge in [-0.25, -0.2) is 0 Å². The maximum absolute atomic E-state index is 12.9. The lowest BCUT2D eigenvalue weighted by atomic mass is 10.0. The Hall–Kier alpha value is -2.11. The molecule has 0 aromatic carbocycles. The Bertz CT molecular complexity index is 1100. The zero-order chi connectivity index (χ0) is 49.3. The molecule has 0 aliphatic carbocycles. The van der Waals surface area contributed by atoms with E-state index < -0.39 is 6.10 Å². The topological polar surface area (TPSA) is 78.9 Å². The molecular weight excluding hydrogens is 841 g/mol. The lowest BCUT2D eigenvalue weighted by molar-refractivity contribution is -0.167. The molecule has 0 aliphatic heterocycles. The number of hydrogen-bond donors (Lipinski definition) is 0. The van der Waals surface area contributed by atoms with Gasteiger partial charge in [-0.3, -0.25) is 14.4 Å². The van der Waals surface area contributed by atoms with Crippen LogP contribution in [0.25, 0.3) is 0 Å². The van der Waals surface area contributed by atoms with E-state index in [9.17, 15) is 14.4 Å². The monoisotopic (exact) mass is 957 g/mol. The van der Waals surface area contributed by atoms with Crippen molar-refractivity contribution in [3.05, 3.63) is 24.3 Å². The van der Waals surface area contributed by atoms with Gasteiger partial charge < -0.3 is 14.2 Å². The molecule has 0 bridgehead atoms. The zero-order valence-corrected chi connectivity index (χ0v) is 45.9. The molecule has 400 valence electrons. The van der Waals surface area contributed by atoms with Gasteiger partial charge >= 0.3 is 17.9 Å². The highest BCUT2D eigenvalue weighted by Crippen LogP contribution is 2.17. The third kappa shape index (κ3) is 54.8. The maximum Gasteiger partial charge on any atom is 0.306 e. The molecule has 0 N–H and O–H groups in total. The Kier molecular flexibility index (Phi) is 55.7. The van der Waals surface area contributed by atoms with Gasteiger partial charge in [0.1, 0.15) is 13.2 Å². The van der Waals surface area contributed by atoms with E-state index in [0.29, 0.717) is 19.3 Å². The highest BCUT2D eigenvalue weighted by Gasteiger charge is 2.19. The van der Waals surface area contributed by atoms with Crippen molar-refractivity contribution in [2.75, 3.05) is 13.2 Å². The lowest BCUT2D eigenvalue weighted by Crippen LogP contribution is -2.30. The quantitative estimate of drug-likeness (QED) is 0.0262. The van der Waals surface area contributed by atoms with Crippen molar-refractivity contribution in [3.63, 3.8) is 0 Å². The third-order valence-corrected chi connectivity index (χ3v) is 13.7. The second kappa shape index (κ2) is 57.5. The molecule has 0 saturated heterocycles. The summed E-state index contributed by atoms with van der Waals surface area (Å²) < 4.78 is 16.9. The molecule has 68 heavy (non-hydrogen) atoms. The molecular formula is C62H116O6. The predicted molar refractivity (Wildman–Crippen MR) is 293 cm³/mol. The number of hydrogen-bond acceptors (Lipinski definition) is 6. The first kappa shape index (κ1) is 65.9. The molecule has 0 rings (SSSR count). The van der Waals surface area contributed by atoms with Crippen molar-refractivity contribution >= 4 is 17.9 Å². The normalized spacial score (nSPS) is 12.1. The average molecular weight is 958 g/mol. The summed E-state index contributed by atoms with van der Waals surface area (Å²) in [6, 6.07) is 0. The molecule has 0 radical (unpaired) electrons. The van der Waals surface area contributed by atoms with E-state index in [1.807, 2.05) is 0 Å². The van der Waals surface area contributed by atoms with Crippen LogP contribution in [-0.2, 0) is 28.6 Å². The van der Waals surface area contributed by atoms with E-state index in [0.717, 1.165) is 64.2 Å².